The van der Waals surface area contributed by atoms with Gasteiger partial charge in [0.05, 0.1) is 0 Å². The summed E-state index contributed by atoms with van der Waals surface area (Å²) in [6.07, 6.45) is 2.50. The van der Waals surface area contributed by atoms with E-state index in [-0.39, 0.29) is 5.91 Å². The largest absolute Gasteiger partial charge is 0.357 e. The van der Waals surface area contributed by atoms with Crippen LogP contribution in [0.4, 0.5) is 0 Å². The van der Waals surface area contributed by atoms with Crippen molar-refractivity contribution in [2.75, 3.05) is 6.54 Å². The average Bonchev–Trinajstić information content (AvgIpc) is 2.82. The molecule has 1 heterocycles. The van der Waals surface area contributed by atoms with Gasteiger partial charge in [-0.15, -0.1) is 0 Å². The number of amides is 1. The Morgan fingerprint density at radius 1 is 1.29 bits per heavy atom. The molecule has 2 aromatic rings. The molecule has 1 aromatic heterocycles. The number of H-pyrrole nitrogens is 1. The second-order valence-corrected chi connectivity index (χ2v) is 4.16. The van der Waals surface area contributed by atoms with Crippen molar-refractivity contribution in [3.05, 3.63) is 58.9 Å². The van der Waals surface area contributed by atoms with E-state index in [0.717, 1.165) is 17.0 Å². The average molecular weight is 249 g/mol. The normalized spacial score (nSPS) is 10.2. The van der Waals surface area contributed by atoms with Gasteiger partial charge in [-0.3, -0.25) is 4.79 Å². The molecule has 0 saturated heterocycles. The number of hydrogen-bond acceptors (Lipinski definition) is 1. The molecule has 17 heavy (non-hydrogen) atoms. The molecule has 1 amide bonds. The lowest BCUT2D eigenvalue weighted by atomic mass is 10.1. The Morgan fingerprint density at radius 2 is 2.18 bits per heavy atom. The van der Waals surface area contributed by atoms with Crippen molar-refractivity contribution in [3.8, 4) is 0 Å². The maximum atomic E-state index is 11.6. The second kappa shape index (κ2) is 5.55. The lowest BCUT2D eigenvalue weighted by Gasteiger charge is -2.04. The number of aromatic nitrogens is 1. The minimum atomic E-state index is -0.0861. The number of carbonyl (C=O) groups is 1. The zero-order chi connectivity index (χ0) is 12.1. The van der Waals surface area contributed by atoms with E-state index in [9.17, 15) is 4.79 Å². The summed E-state index contributed by atoms with van der Waals surface area (Å²) in [5.41, 5.74) is 1.69. The van der Waals surface area contributed by atoms with Gasteiger partial charge in [-0.25, -0.2) is 0 Å². The minimum Gasteiger partial charge on any atom is -0.357 e. The highest BCUT2D eigenvalue weighted by Gasteiger charge is 2.04. The van der Waals surface area contributed by atoms with E-state index < -0.39 is 0 Å². The van der Waals surface area contributed by atoms with Crippen LogP contribution in [0.15, 0.2) is 42.6 Å². The van der Waals surface area contributed by atoms with Gasteiger partial charge in [-0.05, 0) is 36.2 Å². The summed E-state index contributed by atoms with van der Waals surface area (Å²) >= 11 is 5.88. The SMILES string of the molecule is O=C(NCCc1cccc(Cl)c1)c1ccc[nH]1. The van der Waals surface area contributed by atoms with Crippen molar-refractivity contribution in [3.63, 3.8) is 0 Å². The summed E-state index contributed by atoms with van der Waals surface area (Å²) in [5.74, 6) is -0.0861. The van der Waals surface area contributed by atoms with Gasteiger partial charge >= 0.3 is 0 Å². The molecule has 4 heteroatoms. The first kappa shape index (κ1) is 11.7. The van der Waals surface area contributed by atoms with Crippen LogP contribution in [-0.2, 0) is 6.42 Å². The summed E-state index contributed by atoms with van der Waals surface area (Å²) in [6, 6.07) is 11.2. The molecule has 0 aliphatic rings. The number of carbonyl (C=O) groups excluding carboxylic acids is 1. The van der Waals surface area contributed by atoms with Crippen molar-refractivity contribution in [1.82, 2.24) is 10.3 Å². The summed E-state index contributed by atoms with van der Waals surface area (Å²) in [6.45, 7) is 0.595. The minimum absolute atomic E-state index is 0.0861. The predicted molar refractivity (Wildman–Crippen MR) is 68.3 cm³/mol. The molecule has 0 aliphatic heterocycles. The Kier molecular flexibility index (Phi) is 3.83. The maximum absolute atomic E-state index is 11.6. The zero-order valence-corrected chi connectivity index (χ0v) is 10.00. The Morgan fingerprint density at radius 3 is 2.88 bits per heavy atom. The molecule has 2 rings (SSSR count). The van der Waals surface area contributed by atoms with Crippen LogP contribution >= 0.6 is 11.6 Å². The monoisotopic (exact) mass is 248 g/mol. The van der Waals surface area contributed by atoms with E-state index in [2.05, 4.69) is 10.3 Å². The second-order valence-electron chi connectivity index (χ2n) is 3.72. The van der Waals surface area contributed by atoms with Crippen LogP contribution in [0, 0.1) is 0 Å². The van der Waals surface area contributed by atoms with Gasteiger partial charge in [-0.1, -0.05) is 23.7 Å². The number of hydrogen-bond donors (Lipinski definition) is 2. The first-order valence-electron chi connectivity index (χ1n) is 5.42. The highest BCUT2D eigenvalue weighted by atomic mass is 35.5. The molecular formula is C13H13ClN2O. The van der Waals surface area contributed by atoms with Crippen molar-refractivity contribution < 1.29 is 4.79 Å². The fraction of sp³-hybridized carbons (Fsp3) is 0.154. The van der Waals surface area contributed by atoms with E-state index in [1.807, 2.05) is 24.3 Å². The summed E-state index contributed by atoms with van der Waals surface area (Å²) < 4.78 is 0. The third kappa shape index (κ3) is 3.36. The molecule has 0 saturated carbocycles. The van der Waals surface area contributed by atoms with Crippen LogP contribution < -0.4 is 5.32 Å². The molecule has 0 radical (unpaired) electrons. The van der Waals surface area contributed by atoms with Crippen LogP contribution in [0.25, 0.3) is 0 Å². The van der Waals surface area contributed by atoms with Gasteiger partial charge in [0.25, 0.3) is 5.91 Å². The van der Waals surface area contributed by atoms with E-state index >= 15 is 0 Å². The predicted octanol–water partition coefficient (Wildman–Crippen LogP) is 2.64. The van der Waals surface area contributed by atoms with Gasteiger partial charge in [0.1, 0.15) is 5.69 Å². The Balaban J connectivity index is 1.82. The lowest BCUT2D eigenvalue weighted by Crippen LogP contribution is -2.25. The van der Waals surface area contributed by atoms with E-state index in [1.54, 1.807) is 18.3 Å². The molecule has 0 atom stereocenters. The van der Waals surface area contributed by atoms with E-state index in [0.29, 0.717) is 12.2 Å². The third-order valence-corrected chi connectivity index (χ3v) is 2.67. The Hall–Kier alpha value is -1.74. The maximum Gasteiger partial charge on any atom is 0.267 e. The molecule has 0 spiro atoms. The number of benzene rings is 1. The fourth-order valence-corrected chi connectivity index (χ4v) is 1.79. The molecule has 0 bridgehead atoms. The first-order valence-corrected chi connectivity index (χ1v) is 5.79. The quantitative estimate of drug-likeness (QED) is 0.859. The lowest BCUT2D eigenvalue weighted by molar-refractivity contribution is 0.0950. The van der Waals surface area contributed by atoms with Crippen LogP contribution in [0.5, 0.6) is 0 Å². The van der Waals surface area contributed by atoms with E-state index in [4.69, 9.17) is 11.6 Å². The van der Waals surface area contributed by atoms with Crippen molar-refractivity contribution in [2.45, 2.75) is 6.42 Å². The standard InChI is InChI=1S/C13H13ClN2O/c14-11-4-1-3-10(9-11)6-8-16-13(17)12-5-2-7-15-12/h1-5,7,9,15H,6,8H2,(H,16,17). The van der Waals surface area contributed by atoms with Crippen LogP contribution in [-0.4, -0.2) is 17.4 Å². The summed E-state index contributed by atoms with van der Waals surface area (Å²) in [4.78, 5) is 14.5. The van der Waals surface area contributed by atoms with Gasteiger partial charge in [0.15, 0.2) is 0 Å². The van der Waals surface area contributed by atoms with Crippen molar-refractivity contribution in [2.24, 2.45) is 0 Å². The molecule has 0 fully saturated rings. The van der Waals surface area contributed by atoms with Crippen molar-refractivity contribution in [1.29, 1.82) is 0 Å². The third-order valence-electron chi connectivity index (χ3n) is 2.43. The summed E-state index contributed by atoms with van der Waals surface area (Å²) in [5, 5.41) is 3.56. The molecule has 3 nitrogen and oxygen atoms in total. The van der Waals surface area contributed by atoms with E-state index in [1.165, 1.54) is 0 Å². The van der Waals surface area contributed by atoms with Crippen molar-refractivity contribution >= 4 is 17.5 Å². The molecule has 88 valence electrons. The molecule has 2 N–H and O–H groups in total. The van der Waals surface area contributed by atoms with Gasteiger partial charge in [-0.2, -0.15) is 0 Å². The Bertz CT molecular complexity index is 494. The van der Waals surface area contributed by atoms with Gasteiger partial charge in [0, 0.05) is 17.8 Å². The topological polar surface area (TPSA) is 44.9 Å². The van der Waals surface area contributed by atoms with Gasteiger partial charge < -0.3 is 10.3 Å². The number of nitrogens with one attached hydrogen (secondary N) is 2. The highest BCUT2D eigenvalue weighted by Crippen LogP contribution is 2.10. The molecule has 0 aliphatic carbocycles. The molecule has 1 aromatic carbocycles. The van der Waals surface area contributed by atoms with Crippen LogP contribution in [0.2, 0.25) is 5.02 Å². The van der Waals surface area contributed by atoms with Crippen LogP contribution in [0.3, 0.4) is 0 Å². The highest BCUT2D eigenvalue weighted by molar-refractivity contribution is 6.30. The molecular weight excluding hydrogens is 236 g/mol. The fourth-order valence-electron chi connectivity index (χ4n) is 1.58. The van der Waals surface area contributed by atoms with Gasteiger partial charge in [0.2, 0.25) is 0 Å². The summed E-state index contributed by atoms with van der Waals surface area (Å²) in [7, 11) is 0. The van der Waals surface area contributed by atoms with Crippen LogP contribution in [0.1, 0.15) is 16.1 Å². The smallest absolute Gasteiger partial charge is 0.267 e. The number of aromatic amines is 1. The number of rotatable bonds is 4. The zero-order valence-electron chi connectivity index (χ0n) is 9.24. The number of halogens is 1. The first-order chi connectivity index (χ1) is 8.25. The Labute approximate surface area is 105 Å². The molecule has 0 unspecified atom stereocenters.